The summed E-state index contributed by atoms with van der Waals surface area (Å²) >= 11 is 0. The predicted octanol–water partition coefficient (Wildman–Crippen LogP) is -0.431. The fourth-order valence-electron chi connectivity index (χ4n) is 2.07. The molecule has 0 spiro atoms. The van der Waals surface area contributed by atoms with Gasteiger partial charge in [-0.1, -0.05) is 0 Å². The van der Waals surface area contributed by atoms with Crippen molar-refractivity contribution < 1.29 is 22.7 Å². The van der Waals surface area contributed by atoms with Crippen LogP contribution in [0.5, 0.6) is 0 Å². The number of sulfonamides is 1. The standard InChI is InChI=1S/C12H23N3O5S/c1-13(2)12(17)14-6-8-15(9-7-14)21(18,19)10-4-5-11(16)20-3/h4-10H2,1-3H3. The minimum atomic E-state index is -3.38. The van der Waals surface area contributed by atoms with Gasteiger partial charge >= 0.3 is 12.0 Å². The number of piperazine rings is 1. The van der Waals surface area contributed by atoms with Crippen LogP contribution in [0.1, 0.15) is 12.8 Å². The highest BCUT2D eigenvalue weighted by Gasteiger charge is 2.29. The van der Waals surface area contributed by atoms with Crippen LogP contribution in [0.2, 0.25) is 0 Å². The Morgan fingerprint density at radius 1 is 1.14 bits per heavy atom. The van der Waals surface area contributed by atoms with Gasteiger partial charge in [-0.3, -0.25) is 4.79 Å². The first-order chi connectivity index (χ1) is 9.77. The van der Waals surface area contributed by atoms with Crippen molar-refractivity contribution in [3.05, 3.63) is 0 Å². The van der Waals surface area contributed by atoms with Crippen molar-refractivity contribution in [1.82, 2.24) is 14.1 Å². The number of hydrogen-bond acceptors (Lipinski definition) is 5. The maximum absolute atomic E-state index is 12.1. The number of amides is 2. The Morgan fingerprint density at radius 3 is 2.19 bits per heavy atom. The second-order valence-corrected chi connectivity index (χ2v) is 7.15. The van der Waals surface area contributed by atoms with Gasteiger partial charge < -0.3 is 14.5 Å². The molecule has 0 bridgehead atoms. The van der Waals surface area contributed by atoms with E-state index in [0.717, 1.165) is 0 Å². The normalized spacial score (nSPS) is 16.6. The van der Waals surface area contributed by atoms with Crippen LogP contribution in [0, 0.1) is 0 Å². The van der Waals surface area contributed by atoms with Gasteiger partial charge in [-0.2, -0.15) is 4.31 Å². The van der Waals surface area contributed by atoms with Crippen LogP contribution in [-0.4, -0.2) is 87.7 Å². The molecule has 1 heterocycles. The maximum atomic E-state index is 12.1. The molecule has 1 saturated heterocycles. The van der Waals surface area contributed by atoms with Gasteiger partial charge in [0.1, 0.15) is 0 Å². The van der Waals surface area contributed by atoms with Gasteiger partial charge in [0, 0.05) is 46.7 Å². The molecule has 9 heteroatoms. The summed E-state index contributed by atoms with van der Waals surface area (Å²) < 4.78 is 30.1. The van der Waals surface area contributed by atoms with E-state index in [4.69, 9.17) is 0 Å². The highest BCUT2D eigenvalue weighted by atomic mass is 32.2. The van der Waals surface area contributed by atoms with Crippen molar-refractivity contribution in [3.8, 4) is 0 Å². The van der Waals surface area contributed by atoms with E-state index in [2.05, 4.69) is 4.74 Å². The van der Waals surface area contributed by atoms with Gasteiger partial charge in [0.05, 0.1) is 12.9 Å². The average Bonchev–Trinajstić information content (AvgIpc) is 2.46. The first-order valence-corrected chi connectivity index (χ1v) is 8.39. The highest BCUT2D eigenvalue weighted by Crippen LogP contribution is 2.11. The molecule has 0 aromatic heterocycles. The van der Waals surface area contributed by atoms with Crippen LogP contribution in [0.4, 0.5) is 4.79 Å². The zero-order valence-electron chi connectivity index (χ0n) is 12.7. The molecule has 0 aromatic rings. The molecule has 0 aromatic carbocycles. The summed E-state index contributed by atoms with van der Waals surface area (Å²) in [6.45, 7) is 1.35. The summed E-state index contributed by atoms with van der Waals surface area (Å²) in [5.74, 6) is -0.490. The maximum Gasteiger partial charge on any atom is 0.319 e. The Bertz CT molecular complexity index is 469. The molecule has 0 unspecified atom stereocenters. The molecule has 0 aliphatic carbocycles. The van der Waals surface area contributed by atoms with E-state index in [1.807, 2.05) is 0 Å². The van der Waals surface area contributed by atoms with Crippen LogP contribution >= 0.6 is 0 Å². The molecule has 0 saturated carbocycles. The molecule has 2 amide bonds. The van der Waals surface area contributed by atoms with Gasteiger partial charge in [0.25, 0.3) is 0 Å². The number of nitrogens with zero attached hydrogens (tertiary/aromatic N) is 3. The van der Waals surface area contributed by atoms with Crippen LogP contribution in [0.3, 0.4) is 0 Å². The molecule has 122 valence electrons. The number of carbonyl (C=O) groups is 2. The summed E-state index contributed by atoms with van der Waals surface area (Å²) in [6.07, 6.45) is 0.334. The van der Waals surface area contributed by atoms with E-state index >= 15 is 0 Å². The fourth-order valence-corrected chi connectivity index (χ4v) is 3.56. The molecule has 0 N–H and O–H groups in total. The van der Waals surface area contributed by atoms with Crippen LogP contribution in [0.15, 0.2) is 0 Å². The van der Waals surface area contributed by atoms with Crippen molar-refractivity contribution in [1.29, 1.82) is 0 Å². The molecular weight excluding hydrogens is 298 g/mol. The third-order valence-corrected chi connectivity index (χ3v) is 5.25. The lowest BCUT2D eigenvalue weighted by molar-refractivity contribution is -0.140. The number of rotatable bonds is 5. The Kier molecular flexibility index (Phi) is 6.41. The highest BCUT2D eigenvalue weighted by molar-refractivity contribution is 7.89. The first kappa shape index (κ1) is 17.7. The van der Waals surface area contributed by atoms with E-state index in [1.54, 1.807) is 19.0 Å². The fraction of sp³-hybridized carbons (Fsp3) is 0.833. The minimum absolute atomic E-state index is 0.0796. The summed E-state index contributed by atoms with van der Waals surface area (Å²) in [7, 11) is 1.22. The summed E-state index contributed by atoms with van der Waals surface area (Å²) in [5, 5.41) is 0. The number of ether oxygens (including phenoxy) is 1. The van der Waals surface area contributed by atoms with Crippen molar-refractivity contribution in [2.45, 2.75) is 12.8 Å². The Labute approximate surface area is 125 Å². The van der Waals surface area contributed by atoms with E-state index < -0.39 is 16.0 Å². The van der Waals surface area contributed by atoms with Crippen molar-refractivity contribution in [3.63, 3.8) is 0 Å². The molecular formula is C12H23N3O5S. The molecule has 8 nitrogen and oxygen atoms in total. The Morgan fingerprint density at radius 2 is 1.71 bits per heavy atom. The molecule has 0 atom stereocenters. The average molecular weight is 321 g/mol. The van der Waals surface area contributed by atoms with E-state index in [-0.39, 0.29) is 24.6 Å². The summed E-state index contributed by atoms with van der Waals surface area (Å²) in [4.78, 5) is 25.8. The summed E-state index contributed by atoms with van der Waals surface area (Å²) in [5.41, 5.74) is 0. The van der Waals surface area contributed by atoms with Crippen molar-refractivity contribution in [2.24, 2.45) is 0 Å². The van der Waals surface area contributed by atoms with Gasteiger partial charge in [-0.15, -0.1) is 0 Å². The van der Waals surface area contributed by atoms with Gasteiger partial charge in [0.2, 0.25) is 10.0 Å². The quantitative estimate of drug-likeness (QED) is 0.641. The largest absolute Gasteiger partial charge is 0.469 e. The molecule has 1 fully saturated rings. The Balaban J connectivity index is 2.45. The van der Waals surface area contributed by atoms with Crippen LogP contribution in [0.25, 0.3) is 0 Å². The van der Waals surface area contributed by atoms with Crippen LogP contribution in [-0.2, 0) is 19.6 Å². The Hall–Kier alpha value is -1.35. The zero-order chi connectivity index (χ0) is 16.0. The SMILES string of the molecule is COC(=O)CCCS(=O)(=O)N1CCN(C(=O)N(C)C)CC1. The summed E-state index contributed by atoms with van der Waals surface area (Å²) in [6, 6.07) is -0.113. The van der Waals surface area contributed by atoms with Gasteiger partial charge in [-0.05, 0) is 6.42 Å². The monoisotopic (exact) mass is 321 g/mol. The van der Waals surface area contributed by atoms with E-state index in [0.29, 0.717) is 26.2 Å². The molecule has 0 radical (unpaired) electrons. The first-order valence-electron chi connectivity index (χ1n) is 6.79. The lowest BCUT2D eigenvalue weighted by Crippen LogP contribution is -2.53. The van der Waals surface area contributed by atoms with Crippen molar-refractivity contribution >= 4 is 22.0 Å². The lowest BCUT2D eigenvalue weighted by Gasteiger charge is -2.35. The smallest absolute Gasteiger partial charge is 0.319 e. The number of esters is 1. The lowest BCUT2D eigenvalue weighted by atomic mass is 10.3. The number of urea groups is 1. The van der Waals surface area contributed by atoms with Gasteiger partial charge in [0.15, 0.2) is 0 Å². The molecule has 1 rings (SSSR count). The van der Waals surface area contributed by atoms with E-state index in [9.17, 15) is 18.0 Å². The zero-order valence-corrected chi connectivity index (χ0v) is 13.6. The number of carbonyl (C=O) groups excluding carboxylic acids is 2. The van der Waals surface area contributed by atoms with Crippen LogP contribution < -0.4 is 0 Å². The van der Waals surface area contributed by atoms with Crippen molar-refractivity contribution in [2.75, 3.05) is 53.1 Å². The molecule has 1 aliphatic heterocycles. The molecule has 1 aliphatic rings. The van der Waals surface area contributed by atoms with E-state index in [1.165, 1.54) is 16.3 Å². The number of hydrogen-bond donors (Lipinski definition) is 0. The predicted molar refractivity (Wildman–Crippen MR) is 77.3 cm³/mol. The molecule has 21 heavy (non-hydrogen) atoms. The topological polar surface area (TPSA) is 87.2 Å². The third kappa shape index (κ3) is 5.16. The number of methoxy groups -OCH3 is 1. The third-order valence-electron chi connectivity index (χ3n) is 3.30. The minimum Gasteiger partial charge on any atom is -0.469 e. The second kappa shape index (κ2) is 7.60. The second-order valence-electron chi connectivity index (χ2n) is 5.06. The van der Waals surface area contributed by atoms with Gasteiger partial charge in [-0.25, -0.2) is 13.2 Å².